The van der Waals surface area contributed by atoms with Gasteiger partial charge < -0.3 is 19.9 Å². The first-order valence-corrected chi connectivity index (χ1v) is 7.10. The Labute approximate surface area is 121 Å². The zero-order valence-electron chi connectivity index (χ0n) is 13.2. The van der Waals surface area contributed by atoms with Crippen molar-refractivity contribution in [1.29, 1.82) is 0 Å². The van der Waals surface area contributed by atoms with Gasteiger partial charge in [-0.05, 0) is 27.2 Å². The van der Waals surface area contributed by atoms with Gasteiger partial charge in [-0.1, -0.05) is 0 Å². The zero-order valence-corrected chi connectivity index (χ0v) is 13.2. The molecule has 1 aliphatic heterocycles. The summed E-state index contributed by atoms with van der Waals surface area (Å²) in [4.78, 5) is 26.6. The van der Waals surface area contributed by atoms with Crippen LogP contribution < -0.4 is 5.32 Å². The Bertz CT molecular complexity index is 350. The van der Waals surface area contributed by atoms with E-state index in [0.717, 1.165) is 6.42 Å². The maximum absolute atomic E-state index is 11.9. The Hall–Kier alpha value is -1.30. The quantitative estimate of drug-likeness (QED) is 0.839. The smallest absolute Gasteiger partial charge is 0.410 e. The summed E-state index contributed by atoms with van der Waals surface area (Å²) in [6.07, 6.45) is 1.12. The molecule has 116 valence electrons. The molecule has 0 aromatic carbocycles. The number of ether oxygens (including phenoxy) is 1. The molecule has 0 bridgehead atoms. The van der Waals surface area contributed by atoms with E-state index in [9.17, 15) is 9.59 Å². The van der Waals surface area contributed by atoms with Gasteiger partial charge in [0, 0.05) is 46.2 Å². The number of carbonyl (C=O) groups is 2. The van der Waals surface area contributed by atoms with Crippen LogP contribution in [0.4, 0.5) is 4.79 Å². The normalized spacial score (nSPS) is 19.1. The summed E-state index contributed by atoms with van der Waals surface area (Å²) in [7, 11) is 3.50. The van der Waals surface area contributed by atoms with Crippen LogP contribution in [0.15, 0.2) is 0 Å². The fourth-order valence-corrected chi connectivity index (χ4v) is 2.03. The number of carbonyl (C=O) groups excluding carboxylic acids is 2. The lowest BCUT2D eigenvalue weighted by molar-refractivity contribution is -0.128. The molecule has 1 N–H and O–H groups in total. The average Bonchev–Trinajstić information content (AvgIpc) is 2.75. The van der Waals surface area contributed by atoms with Crippen molar-refractivity contribution >= 4 is 12.0 Å². The lowest BCUT2D eigenvalue weighted by Gasteiger charge is -2.24. The summed E-state index contributed by atoms with van der Waals surface area (Å²) in [6.45, 7) is 7.58. The highest BCUT2D eigenvalue weighted by molar-refractivity contribution is 5.75. The van der Waals surface area contributed by atoms with E-state index in [1.807, 2.05) is 20.8 Å². The highest BCUT2D eigenvalue weighted by Gasteiger charge is 2.29. The van der Waals surface area contributed by atoms with Gasteiger partial charge in [-0.2, -0.15) is 0 Å². The summed E-state index contributed by atoms with van der Waals surface area (Å²) in [5, 5.41) is 3.32. The van der Waals surface area contributed by atoms with Crippen LogP contribution in [0.3, 0.4) is 0 Å². The third-order valence-corrected chi connectivity index (χ3v) is 3.11. The monoisotopic (exact) mass is 285 g/mol. The van der Waals surface area contributed by atoms with Gasteiger partial charge >= 0.3 is 6.09 Å². The Kier molecular flexibility index (Phi) is 5.80. The summed E-state index contributed by atoms with van der Waals surface area (Å²) in [5.74, 6) is 0.111. The van der Waals surface area contributed by atoms with Crippen LogP contribution in [0.1, 0.15) is 33.6 Å². The minimum Gasteiger partial charge on any atom is -0.444 e. The third-order valence-electron chi connectivity index (χ3n) is 3.11. The molecular formula is C14H27N3O3. The van der Waals surface area contributed by atoms with Gasteiger partial charge in [0.05, 0.1) is 0 Å². The standard InChI is InChI=1S/C14H27N3O3/c1-14(2,3)20-13(19)17-9-7-11(10-17)15-8-6-12(18)16(4)5/h11,15H,6-10H2,1-5H3. The van der Waals surface area contributed by atoms with E-state index in [1.54, 1.807) is 23.9 Å². The van der Waals surface area contributed by atoms with E-state index in [1.165, 1.54) is 0 Å². The fourth-order valence-electron chi connectivity index (χ4n) is 2.03. The first-order chi connectivity index (χ1) is 9.19. The molecule has 0 radical (unpaired) electrons. The van der Waals surface area contributed by atoms with Gasteiger partial charge in [-0.15, -0.1) is 0 Å². The minimum atomic E-state index is -0.458. The minimum absolute atomic E-state index is 0.111. The molecule has 0 aromatic rings. The first kappa shape index (κ1) is 16.8. The lowest BCUT2D eigenvalue weighted by atomic mass is 10.2. The topological polar surface area (TPSA) is 61.9 Å². The van der Waals surface area contributed by atoms with Gasteiger partial charge in [0.25, 0.3) is 0 Å². The number of rotatable bonds is 4. The van der Waals surface area contributed by atoms with Gasteiger partial charge in [0.1, 0.15) is 5.60 Å². The van der Waals surface area contributed by atoms with Gasteiger partial charge in [0.15, 0.2) is 0 Å². The molecule has 1 fully saturated rings. The molecule has 1 saturated heterocycles. The summed E-state index contributed by atoms with van der Waals surface area (Å²) in [6, 6.07) is 0.248. The van der Waals surface area contributed by atoms with E-state index in [-0.39, 0.29) is 18.0 Å². The first-order valence-electron chi connectivity index (χ1n) is 7.10. The van der Waals surface area contributed by atoms with E-state index in [4.69, 9.17) is 4.74 Å². The van der Waals surface area contributed by atoms with Crippen molar-refractivity contribution in [1.82, 2.24) is 15.1 Å². The molecule has 0 aliphatic carbocycles. The predicted molar refractivity (Wildman–Crippen MR) is 77.5 cm³/mol. The Morgan fingerprint density at radius 2 is 2.00 bits per heavy atom. The Morgan fingerprint density at radius 3 is 2.55 bits per heavy atom. The molecule has 2 amide bonds. The Morgan fingerprint density at radius 1 is 1.35 bits per heavy atom. The summed E-state index contributed by atoms with van der Waals surface area (Å²) < 4.78 is 5.34. The van der Waals surface area contributed by atoms with Gasteiger partial charge in [-0.3, -0.25) is 4.79 Å². The lowest BCUT2D eigenvalue weighted by Crippen LogP contribution is -2.39. The van der Waals surface area contributed by atoms with Crippen LogP contribution in [0, 0.1) is 0 Å². The highest BCUT2D eigenvalue weighted by atomic mass is 16.6. The van der Waals surface area contributed by atoms with Crippen molar-refractivity contribution in [2.24, 2.45) is 0 Å². The molecule has 1 aliphatic rings. The molecule has 0 aromatic heterocycles. The van der Waals surface area contributed by atoms with Crippen molar-refractivity contribution in [3.63, 3.8) is 0 Å². The summed E-state index contributed by atoms with van der Waals surface area (Å²) >= 11 is 0. The van der Waals surface area contributed by atoms with Crippen molar-refractivity contribution in [3.8, 4) is 0 Å². The van der Waals surface area contributed by atoms with Crippen molar-refractivity contribution in [2.45, 2.75) is 45.3 Å². The second kappa shape index (κ2) is 6.92. The molecule has 6 nitrogen and oxygen atoms in total. The van der Waals surface area contributed by atoms with Crippen molar-refractivity contribution < 1.29 is 14.3 Å². The summed E-state index contributed by atoms with van der Waals surface area (Å²) in [5.41, 5.74) is -0.458. The maximum atomic E-state index is 11.9. The SMILES string of the molecule is CN(C)C(=O)CCNC1CCN(C(=O)OC(C)(C)C)C1. The second-order valence-corrected chi connectivity index (χ2v) is 6.40. The largest absolute Gasteiger partial charge is 0.444 e. The van der Waals surface area contributed by atoms with E-state index in [2.05, 4.69) is 5.32 Å². The number of hydrogen-bond donors (Lipinski definition) is 1. The molecule has 1 atom stereocenters. The predicted octanol–water partition coefficient (Wildman–Crippen LogP) is 1.06. The molecule has 0 spiro atoms. The fraction of sp³-hybridized carbons (Fsp3) is 0.857. The number of nitrogens with zero attached hydrogens (tertiary/aromatic N) is 2. The molecule has 20 heavy (non-hydrogen) atoms. The maximum Gasteiger partial charge on any atom is 0.410 e. The number of hydrogen-bond acceptors (Lipinski definition) is 4. The molecule has 0 saturated carbocycles. The molecule has 1 heterocycles. The highest BCUT2D eigenvalue weighted by Crippen LogP contribution is 2.15. The number of amides is 2. The van der Waals surface area contributed by atoms with Crippen LogP contribution >= 0.6 is 0 Å². The van der Waals surface area contributed by atoms with E-state index < -0.39 is 5.60 Å². The van der Waals surface area contributed by atoms with Gasteiger partial charge in [-0.25, -0.2) is 4.79 Å². The molecule has 1 unspecified atom stereocenters. The van der Waals surface area contributed by atoms with Gasteiger partial charge in [0.2, 0.25) is 5.91 Å². The van der Waals surface area contributed by atoms with Crippen LogP contribution in [-0.4, -0.2) is 67.2 Å². The van der Waals surface area contributed by atoms with Crippen LogP contribution in [0.5, 0.6) is 0 Å². The average molecular weight is 285 g/mol. The number of likely N-dealkylation sites (tertiary alicyclic amines) is 1. The van der Waals surface area contributed by atoms with Crippen LogP contribution in [0.25, 0.3) is 0 Å². The Balaban J connectivity index is 2.26. The van der Waals surface area contributed by atoms with E-state index in [0.29, 0.717) is 26.1 Å². The molecular weight excluding hydrogens is 258 g/mol. The zero-order chi connectivity index (χ0) is 15.3. The molecule has 6 heteroatoms. The van der Waals surface area contributed by atoms with Crippen LogP contribution in [0.2, 0.25) is 0 Å². The van der Waals surface area contributed by atoms with Crippen molar-refractivity contribution in [3.05, 3.63) is 0 Å². The third kappa shape index (κ3) is 5.77. The molecule has 1 rings (SSSR count). The van der Waals surface area contributed by atoms with Crippen molar-refractivity contribution in [2.75, 3.05) is 33.7 Å². The second-order valence-electron chi connectivity index (χ2n) is 6.40. The number of nitrogens with one attached hydrogen (secondary N) is 1. The van der Waals surface area contributed by atoms with E-state index >= 15 is 0 Å². The van der Waals surface area contributed by atoms with Crippen LogP contribution in [-0.2, 0) is 9.53 Å².